The minimum absolute atomic E-state index is 0.141. The van der Waals surface area contributed by atoms with Crippen molar-refractivity contribution in [2.45, 2.75) is 6.42 Å². The van der Waals surface area contributed by atoms with Crippen LogP contribution in [-0.4, -0.2) is 26.4 Å². The lowest BCUT2D eigenvalue weighted by Gasteiger charge is -1.99. The van der Waals surface area contributed by atoms with E-state index in [-0.39, 0.29) is 17.2 Å². The molecule has 0 unspecified atom stereocenters. The number of aromatic carboxylic acids is 1. The van der Waals surface area contributed by atoms with Gasteiger partial charge in [0.1, 0.15) is 10.5 Å². The number of nitrogens with one attached hydrogen (secondary N) is 1. The number of hydrogen-bond donors (Lipinski definition) is 2. The molecule has 0 saturated heterocycles. The van der Waals surface area contributed by atoms with Crippen LogP contribution in [0.1, 0.15) is 15.4 Å². The van der Waals surface area contributed by atoms with Crippen molar-refractivity contribution in [3.63, 3.8) is 0 Å². The zero-order chi connectivity index (χ0) is 14.8. The van der Waals surface area contributed by atoms with E-state index in [4.69, 9.17) is 5.11 Å². The van der Waals surface area contributed by atoms with Crippen LogP contribution in [-0.2, 0) is 11.2 Å². The van der Waals surface area contributed by atoms with Gasteiger partial charge in [-0.1, -0.05) is 6.07 Å². The molecule has 0 fully saturated rings. The Morgan fingerprint density at radius 1 is 1.29 bits per heavy atom. The highest BCUT2D eigenvalue weighted by molar-refractivity contribution is 7.18. The van der Waals surface area contributed by atoms with E-state index >= 15 is 0 Å². The molecular formula is C14H11N3O3S. The molecule has 0 aliphatic carbocycles. The monoisotopic (exact) mass is 301 g/mol. The van der Waals surface area contributed by atoms with Crippen LogP contribution in [0.4, 0.5) is 5.00 Å². The van der Waals surface area contributed by atoms with E-state index < -0.39 is 5.97 Å². The summed E-state index contributed by atoms with van der Waals surface area (Å²) < 4.78 is 1.84. The van der Waals surface area contributed by atoms with Crippen LogP contribution in [0.5, 0.6) is 0 Å². The SMILES string of the molecule is O=C(Cc1cn2ccccc2n1)Nc1ccc(C(=O)O)s1. The Morgan fingerprint density at radius 2 is 2.14 bits per heavy atom. The summed E-state index contributed by atoms with van der Waals surface area (Å²) in [4.78, 5) is 27.2. The molecule has 7 heteroatoms. The summed E-state index contributed by atoms with van der Waals surface area (Å²) in [5, 5.41) is 12.0. The average Bonchev–Trinajstić information content (AvgIpc) is 3.04. The number of carboxylic acid groups (broad SMARTS) is 1. The third kappa shape index (κ3) is 2.92. The van der Waals surface area contributed by atoms with Crippen molar-refractivity contribution >= 4 is 33.9 Å². The number of pyridine rings is 1. The van der Waals surface area contributed by atoms with E-state index in [9.17, 15) is 9.59 Å². The highest BCUT2D eigenvalue weighted by atomic mass is 32.1. The molecule has 6 nitrogen and oxygen atoms in total. The van der Waals surface area contributed by atoms with Crippen LogP contribution >= 0.6 is 11.3 Å². The summed E-state index contributed by atoms with van der Waals surface area (Å²) in [5.74, 6) is -1.22. The number of carbonyl (C=O) groups is 2. The number of nitrogens with zero attached hydrogens (tertiary/aromatic N) is 2. The van der Waals surface area contributed by atoms with Gasteiger partial charge in [0.15, 0.2) is 0 Å². The maximum Gasteiger partial charge on any atom is 0.345 e. The number of aromatic nitrogens is 2. The fourth-order valence-corrected chi connectivity index (χ4v) is 2.70. The van der Waals surface area contributed by atoms with Crippen LogP contribution in [0, 0.1) is 0 Å². The minimum atomic E-state index is -0.999. The first-order valence-electron chi connectivity index (χ1n) is 6.17. The molecule has 0 aromatic carbocycles. The first kappa shape index (κ1) is 13.3. The number of imidazole rings is 1. The van der Waals surface area contributed by atoms with Gasteiger partial charge in [-0.3, -0.25) is 4.79 Å². The van der Waals surface area contributed by atoms with Crippen LogP contribution in [0.15, 0.2) is 42.7 Å². The molecule has 0 aliphatic rings. The summed E-state index contributed by atoms with van der Waals surface area (Å²) in [6.07, 6.45) is 3.80. The van der Waals surface area contributed by atoms with Crippen LogP contribution in [0.2, 0.25) is 0 Å². The Morgan fingerprint density at radius 3 is 2.86 bits per heavy atom. The number of hydrogen-bond acceptors (Lipinski definition) is 4. The van der Waals surface area contributed by atoms with Gasteiger partial charge in [-0.05, 0) is 24.3 Å². The molecule has 21 heavy (non-hydrogen) atoms. The Hall–Kier alpha value is -2.67. The summed E-state index contributed by atoms with van der Waals surface area (Å²) in [6, 6.07) is 8.67. The molecule has 3 aromatic heterocycles. The average molecular weight is 301 g/mol. The predicted octanol–water partition coefficient (Wildman–Crippen LogP) is 2.28. The van der Waals surface area contributed by atoms with E-state index in [2.05, 4.69) is 10.3 Å². The lowest BCUT2D eigenvalue weighted by atomic mass is 10.3. The largest absolute Gasteiger partial charge is 0.477 e. The number of carboxylic acids is 1. The number of amides is 1. The number of rotatable bonds is 4. The molecule has 0 bridgehead atoms. The quantitative estimate of drug-likeness (QED) is 0.774. The number of carbonyl (C=O) groups excluding carboxylic acids is 1. The van der Waals surface area contributed by atoms with Crippen LogP contribution in [0.3, 0.4) is 0 Å². The van der Waals surface area contributed by atoms with Crippen molar-refractivity contribution in [2.24, 2.45) is 0 Å². The van der Waals surface area contributed by atoms with Gasteiger partial charge in [0.05, 0.1) is 17.1 Å². The zero-order valence-electron chi connectivity index (χ0n) is 10.8. The molecule has 0 radical (unpaired) electrons. The van der Waals surface area contributed by atoms with E-state index in [1.807, 2.05) is 28.8 Å². The van der Waals surface area contributed by atoms with E-state index in [0.717, 1.165) is 17.0 Å². The third-order valence-corrected chi connectivity index (χ3v) is 3.82. The fourth-order valence-electron chi connectivity index (χ4n) is 1.94. The topological polar surface area (TPSA) is 83.7 Å². The van der Waals surface area contributed by atoms with Gasteiger partial charge in [-0.2, -0.15) is 0 Å². The van der Waals surface area contributed by atoms with Crippen molar-refractivity contribution < 1.29 is 14.7 Å². The van der Waals surface area contributed by atoms with E-state index in [1.54, 1.807) is 12.3 Å². The highest BCUT2D eigenvalue weighted by Gasteiger charge is 2.11. The molecule has 0 aliphatic heterocycles. The van der Waals surface area contributed by atoms with Crippen molar-refractivity contribution in [2.75, 3.05) is 5.32 Å². The maximum absolute atomic E-state index is 11.9. The van der Waals surface area contributed by atoms with Crippen LogP contribution < -0.4 is 5.32 Å². The summed E-state index contributed by atoms with van der Waals surface area (Å²) in [5.41, 5.74) is 1.44. The second-order valence-electron chi connectivity index (χ2n) is 4.39. The van der Waals surface area contributed by atoms with Gasteiger partial charge in [0.25, 0.3) is 0 Å². The normalized spacial score (nSPS) is 10.7. The van der Waals surface area contributed by atoms with E-state index in [1.165, 1.54) is 6.07 Å². The lowest BCUT2D eigenvalue weighted by molar-refractivity contribution is -0.115. The van der Waals surface area contributed by atoms with Gasteiger partial charge in [0, 0.05) is 12.4 Å². The number of anilines is 1. The fraction of sp³-hybridized carbons (Fsp3) is 0.0714. The van der Waals surface area contributed by atoms with Gasteiger partial charge in [-0.15, -0.1) is 11.3 Å². The number of thiophene rings is 1. The summed E-state index contributed by atoms with van der Waals surface area (Å²) in [7, 11) is 0. The predicted molar refractivity (Wildman–Crippen MR) is 78.8 cm³/mol. The zero-order valence-corrected chi connectivity index (χ0v) is 11.6. The van der Waals surface area contributed by atoms with Crippen molar-refractivity contribution in [3.05, 3.63) is 53.3 Å². The van der Waals surface area contributed by atoms with Crippen molar-refractivity contribution in [3.8, 4) is 0 Å². The Bertz CT molecular complexity index is 789. The molecule has 106 valence electrons. The minimum Gasteiger partial charge on any atom is -0.477 e. The second kappa shape index (κ2) is 5.37. The van der Waals surface area contributed by atoms with Crippen molar-refractivity contribution in [1.82, 2.24) is 9.38 Å². The second-order valence-corrected chi connectivity index (χ2v) is 5.48. The molecule has 3 heterocycles. The highest BCUT2D eigenvalue weighted by Crippen LogP contribution is 2.21. The molecule has 0 saturated carbocycles. The Kier molecular flexibility index (Phi) is 3.41. The molecule has 1 amide bonds. The smallest absolute Gasteiger partial charge is 0.345 e. The molecule has 0 atom stereocenters. The molecule has 3 aromatic rings. The summed E-state index contributed by atoms with van der Waals surface area (Å²) >= 11 is 1.03. The van der Waals surface area contributed by atoms with Gasteiger partial charge in [-0.25, -0.2) is 9.78 Å². The van der Waals surface area contributed by atoms with E-state index in [0.29, 0.717) is 10.7 Å². The standard InChI is InChI=1S/C14H11N3O3S/c18-12(16-13-5-4-10(21-13)14(19)20)7-9-8-17-6-2-1-3-11(17)15-9/h1-6,8H,7H2,(H,16,18)(H,19,20). The van der Waals surface area contributed by atoms with Crippen molar-refractivity contribution in [1.29, 1.82) is 0 Å². The number of fused-ring (bicyclic) bond motifs is 1. The van der Waals surface area contributed by atoms with Crippen LogP contribution in [0.25, 0.3) is 5.65 Å². The van der Waals surface area contributed by atoms with Gasteiger partial charge >= 0.3 is 5.97 Å². The maximum atomic E-state index is 11.9. The first-order chi connectivity index (χ1) is 10.1. The Labute approximate surface area is 123 Å². The molecule has 2 N–H and O–H groups in total. The Balaban J connectivity index is 1.69. The lowest BCUT2D eigenvalue weighted by Crippen LogP contribution is -2.13. The summed E-state index contributed by atoms with van der Waals surface area (Å²) in [6.45, 7) is 0. The third-order valence-electron chi connectivity index (χ3n) is 2.83. The first-order valence-corrected chi connectivity index (χ1v) is 6.99. The molecular weight excluding hydrogens is 290 g/mol. The molecule has 3 rings (SSSR count). The van der Waals surface area contributed by atoms with Gasteiger partial charge < -0.3 is 14.8 Å². The van der Waals surface area contributed by atoms with Gasteiger partial charge in [0.2, 0.25) is 5.91 Å². The molecule has 0 spiro atoms.